The largest absolute Gasteiger partial charge is 0.326 e. The van der Waals surface area contributed by atoms with Crippen LogP contribution in [-0.4, -0.2) is 35.2 Å². The molecule has 1 N–H and O–H groups in total. The van der Waals surface area contributed by atoms with Crippen LogP contribution in [0, 0.1) is 5.82 Å². The summed E-state index contributed by atoms with van der Waals surface area (Å²) >= 11 is 3.18. The topological polar surface area (TPSA) is 66.5 Å². The lowest BCUT2D eigenvalue weighted by Crippen LogP contribution is -2.44. The van der Waals surface area contributed by atoms with Gasteiger partial charge in [0.15, 0.2) is 0 Å². The molecule has 0 unspecified atom stereocenters. The molecule has 1 heterocycles. The van der Waals surface area contributed by atoms with E-state index in [2.05, 4.69) is 21.2 Å². The Morgan fingerprint density at radius 1 is 1.50 bits per heavy atom. The lowest BCUT2D eigenvalue weighted by Gasteiger charge is -2.25. The predicted octanol–water partition coefficient (Wildman–Crippen LogP) is 1.47. The van der Waals surface area contributed by atoms with Crippen LogP contribution >= 0.6 is 15.9 Å². The zero-order valence-electron chi connectivity index (χ0n) is 10.7. The van der Waals surface area contributed by atoms with Gasteiger partial charge in [0.05, 0.1) is 12.0 Å². The van der Waals surface area contributed by atoms with E-state index in [4.69, 9.17) is 0 Å². The molecule has 0 bridgehead atoms. The second kappa shape index (κ2) is 5.70. The van der Waals surface area contributed by atoms with Crippen LogP contribution in [0.1, 0.15) is 23.7 Å². The zero-order valence-corrected chi connectivity index (χ0v) is 12.2. The van der Waals surface area contributed by atoms with Crippen LogP contribution in [0.2, 0.25) is 0 Å². The van der Waals surface area contributed by atoms with Crippen LogP contribution in [0.4, 0.5) is 4.39 Å². The molecule has 0 radical (unpaired) electrons. The number of hydrogen-bond donors (Lipinski definition) is 1. The monoisotopic (exact) mass is 342 g/mol. The van der Waals surface area contributed by atoms with Crippen molar-refractivity contribution in [1.82, 2.24) is 10.2 Å². The van der Waals surface area contributed by atoms with Gasteiger partial charge in [-0.15, -0.1) is 0 Å². The van der Waals surface area contributed by atoms with Crippen molar-refractivity contribution in [2.24, 2.45) is 0 Å². The maximum Gasteiger partial charge on any atom is 0.255 e. The second-order valence-corrected chi connectivity index (χ2v) is 5.20. The Labute approximate surface area is 123 Å². The SMILES string of the molecule is CCN(C(=O)c1cc(F)ccc1Br)[C@@H]1CC(=O)NC1=O. The number of rotatable bonds is 3. The molecule has 1 aromatic rings. The molecule has 1 aromatic carbocycles. The minimum atomic E-state index is -0.838. The summed E-state index contributed by atoms with van der Waals surface area (Å²) in [4.78, 5) is 36.6. The molecule has 0 saturated carbocycles. The summed E-state index contributed by atoms with van der Waals surface area (Å²) in [5.74, 6) is -1.95. The zero-order chi connectivity index (χ0) is 14.9. The summed E-state index contributed by atoms with van der Waals surface area (Å²) < 4.78 is 13.7. The summed E-state index contributed by atoms with van der Waals surface area (Å²) in [6.07, 6.45) is -0.0641. The molecule has 7 heteroatoms. The fourth-order valence-corrected chi connectivity index (χ4v) is 2.53. The number of carbonyl (C=O) groups excluding carboxylic acids is 3. The van der Waals surface area contributed by atoms with E-state index in [1.807, 2.05) is 0 Å². The van der Waals surface area contributed by atoms with Crippen molar-refractivity contribution < 1.29 is 18.8 Å². The summed E-state index contributed by atoms with van der Waals surface area (Å²) in [6, 6.07) is 2.92. The van der Waals surface area contributed by atoms with Gasteiger partial charge in [0, 0.05) is 11.0 Å². The van der Waals surface area contributed by atoms with Crippen LogP contribution in [0.15, 0.2) is 22.7 Å². The Kier molecular flexibility index (Phi) is 4.17. The Bertz CT molecular complexity index is 591. The predicted molar refractivity (Wildman–Crippen MR) is 72.4 cm³/mol. The maximum absolute atomic E-state index is 13.3. The van der Waals surface area contributed by atoms with Gasteiger partial charge in [0.25, 0.3) is 5.91 Å². The van der Waals surface area contributed by atoms with Crippen LogP contribution in [0.5, 0.6) is 0 Å². The molecule has 1 aliphatic heterocycles. The van der Waals surface area contributed by atoms with Crippen molar-refractivity contribution in [1.29, 1.82) is 0 Å². The maximum atomic E-state index is 13.3. The lowest BCUT2D eigenvalue weighted by atomic mass is 10.1. The molecule has 2 rings (SSSR count). The summed E-state index contributed by atoms with van der Waals surface area (Å²) in [5, 5.41) is 2.16. The highest BCUT2D eigenvalue weighted by Gasteiger charge is 2.37. The van der Waals surface area contributed by atoms with Crippen molar-refractivity contribution in [3.63, 3.8) is 0 Å². The highest BCUT2D eigenvalue weighted by atomic mass is 79.9. The highest BCUT2D eigenvalue weighted by Crippen LogP contribution is 2.22. The van der Waals surface area contributed by atoms with E-state index < -0.39 is 29.6 Å². The number of nitrogens with one attached hydrogen (secondary N) is 1. The third-order valence-corrected chi connectivity index (χ3v) is 3.77. The van der Waals surface area contributed by atoms with Crippen molar-refractivity contribution in [3.8, 4) is 0 Å². The van der Waals surface area contributed by atoms with Gasteiger partial charge >= 0.3 is 0 Å². The molecule has 0 aromatic heterocycles. The van der Waals surface area contributed by atoms with E-state index in [0.717, 1.165) is 6.07 Å². The minimum absolute atomic E-state index is 0.0641. The quantitative estimate of drug-likeness (QED) is 0.846. The van der Waals surface area contributed by atoms with Gasteiger partial charge in [-0.3, -0.25) is 19.7 Å². The van der Waals surface area contributed by atoms with E-state index in [1.165, 1.54) is 17.0 Å². The van der Waals surface area contributed by atoms with Crippen LogP contribution in [-0.2, 0) is 9.59 Å². The third-order valence-electron chi connectivity index (χ3n) is 3.08. The molecular weight excluding hydrogens is 331 g/mol. The Morgan fingerprint density at radius 2 is 2.20 bits per heavy atom. The molecular formula is C13H12BrFN2O3. The number of amides is 3. The number of likely N-dealkylation sites (N-methyl/N-ethyl adjacent to an activating group) is 1. The van der Waals surface area contributed by atoms with Crippen molar-refractivity contribution in [2.45, 2.75) is 19.4 Å². The lowest BCUT2D eigenvalue weighted by molar-refractivity contribution is -0.126. The molecule has 1 atom stereocenters. The van der Waals surface area contributed by atoms with E-state index in [9.17, 15) is 18.8 Å². The first-order chi connectivity index (χ1) is 9.43. The number of halogens is 2. The van der Waals surface area contributed by atoms with Gasteiger partial charge in [-0.05, 0) is 41.1 Å². The number of imide groups is 1. The fraction of sp³-hybridized carbons (Fsp3) is 0.308. The first kappa shape index (κ1) is 14.6. The Balaban J connectivity index is 2.32. The van der Waals surface area contributed by atoms with E-state index in [-0.39, 0.29) is 18.5 Å². The molecule has 20 heavy (non-hydrogen) atoms. The smallest absolute Gasteiger partial charge is 0.255 e. The average Bonchev–Trinajstić information content (AvgIpc) is 2.72. The first-order valence-corrected chi connectivity index (χ1v) is 6.83. The summed E-state index contributed by atoms with van der Waals surface area (Å²) in [7, 11) is 0. The van der Waals surface area contributed by atoms with Crippen molar-refractivity contribution in [3.05, 3.63) is 34.1 Å². The third kappa shape index (κ3) is 2.72. The van der Waals surface area contributed by atoms with Gasteiger partial charge in [0.1, 0.15) is 11.9 Å². The number of nitrogens with zero attached hydrogens (tertiary/aromatic N) is 1. The van der Waals surface area contributed by atoms with Crippen LogP contribution < -0.4 is 5.32 Å². The van der Waals surface area contributed by atoms with E-state index in [1.54, 1.807) is 6.92 Å². The molecule has 1 fully saturated rings. The van der Waals surface area contributed by atoms with Gasteiger partial charge in [-0.2, -0.15) is 0 Å². The highest BCUT2D eigenvalue weighted by molar-refractivity contribution is 9.10. The number of hydrogen-bond acceptors (Lipinski definition) is 3. The molecule has 1 aliphatic rings. The minimum Gasteiger partial charge on any atom is -0.326 e. The van der Waals surface area contributed by atoms with Crippen molar-refractivity contribution in [2.75, 3.05) is 6.54 Å². The average molecular weight is 343 g/mol. The van der Waals surface area contributed by atoms with Crippen LogP contribution in [0.3, 0.4) is 0 Å². The summed E-state index contributed by atoms with van der Waals surface area (Å²) in [5.41, 5.74) is 0.124. The number of carbonyl (C=O) groups is 3. The molecule has 106 valence electrons. The number of benzene rings is 1. The van der Waals surface area contributed by atoms with Crippen molar-refractivity contribution >= 4 is 33.7 Å². The fourth-order valence-electron chi connectivity index (χ4n) is 2.11. The summed E-state index contributed by atoms with van der Waals surface area (Å²) in [6.45, 7) is 1.94. The van der Waals surface area contributed by atoms with Gasteiger partial charge < -0.3 is 4.90 Å². The van der Waals surface area contributed by atoms with Gasteiger partial charge in [-0.1, -0.05) is 0 Å². The first-order valence-electron chi connectivity index (χ1n) is 6.03. The van der Waals surface area contributed by atoms with E-state index >= 15 is 0 Å². The standard InChI is InChI=1S/C13H12BrFN2O3/c1-2-17(10-6-11(18)16-12(10)19)13(20)8-5-7(15)3-4-9(8)14/h3-5,10H,2,6H2,1H3,(H,16,18,19)/t10-/m1/s1. The Hall–Kier alpha value is -1.76. The van der Waals surface area contributed by atoms with Crippen LogP contribution in [0.25, 0.3) is 0 Å². The Morgan fingerprint density at radius 3 is 2.75 bits per heavy atom. The molecule has 3 amide bonds. The normalized spacial score (nSPS) is 18.1. The molecule has 0 spiro atoms. The van der Waals surface area contributed by atoms with E-state index in [0.29, 0.717) is 4.47 Å². The van der Waals surface area contributed by atoms with Gasteiger partial charge in [-0.25, -0.2) is 4.39 Å². The second-order valence-electron chi connectivity index (χ2n) is 4.35. The molecule has 5 nitrogen and oxygen atoms in total. The molecule has 0 aliphatic carbocycles. The molecule has 1 saturated heterocycles. The van der Waals surface area contributed by atoms with Gasteiger partial charge in [0.2, 0.25) is 11.8 Å².